The van der Waals surface area contributed by atoms with Crippen molar-refractivity contribution in [3.8, 4) is 22.8 Å². The van der Waals surface area contributed by atoms with E-state index in [4.69, 9.17) is 14.2 Å². The SMILES string of the molecule is Cc1c(OC[C@@H]2COCCO2)cc(=O)n2c1-c1ccc(OS(=O)(=O)C(F)(F)F)cc1CC2. The Morgan fingerprint density at radius 2 is 2.00 bits per heavy atom. The molecular weight excluding hydrogens is 455 g/mol. The highest BCUT2D eigenvalue weighted by Gasteiger charge is 2.48. The number of halogens is 3. The van der Waals surface area contributed by atoms with Crippen LogP contribution in [0.25, 0.3) is 11.3 Å². The third-order valence-corrected chi connectivity index (χ3v) is 6.23. The Hall–Kier alpha value is -2.57. The van der Waals surface area contributed by atoms with E-state index in [0.717, 1.165) is 6.07 Å². The zero-order valence-corrected chi connectivity index (χ0v) is 17.8. The van der Waals surface area contributed by atoms with Gasteiger partial charge in [-0.15, -0.1) is 0 Å². The molecule has 174 valence electrons. The van der Waals surface area contributed by atoms with Crippen molar-refractivity contribution in [2.45, 2.75) is 31.5 Å². The number of ether oxygens (including phenoxy) is 3. The Morgan fingerprint density at radius 1 is 1.22 bits per heavy atom. The molecule has 1 aromatic carbocycles. The fraction of sp³-hybridized carbons (Fsp3) is 0.450. The summed E-state index contributed by atoms with van der Waals surface area (Å²) in [5.74, 6) is -0.0837. The molecule has 4 rings (SSSR count). The highest BCUT2D eigenvalue weighted by Crippen LogP contribution is 2.37. The quantitative estimate of drug-likeness (QED) is 0.484. The molecular formula is C20H20F3NO7S. The fourth-order valence-corrected chi connectivity index (χ4v) is 4.18. The van der Waals surface area contributed by atoms with E-state index < -0.39 is 21.4 Å². The summed E-state index contributed by atoms with van der Waals surface area (Å²) >= 11 is 0. The molecule has 1 aromatic heterocycles. The molecule has 0 amide bonds. The lowest BCUT2D eigenvalue weighted by atomic mass is 9.94. The van der Waals surface area contributed by atoms with Crippen LogP contribution in [0.5, 0.6) is 11.5 Å². The average Bonchev–Trinajstić information content (AvgIpc) is 2.74. The van der Waals surface area contributed by atoms with Gasteiger partial charge >= 0.3 is 15.6 Å². The van der Waals surface area contributed by atoms with Crippen LogP contribution in [0.2, 0.25) is 0 Å². The Bertz CT molecular complexity index is 1180. The Labute approximate surface area is 181 Å². The zero-order valence-electron chi connectivity index (χ0n) is 17.0. The Kier molecular flexibility index (Phi) is 5.94. The van der Waals surface area contributed by atoms with Crippen molar-refractivity contribution in [2.75, 3.05) is 26.4 Å². The molecule has 2 aromatic rings. The van der Waals surface area contributed by atoms with Gasteiger partial charge in [0.25, 0.3) is 5.56 Å². The van der Waals surface area contributed by atoms with Crippen LogP contribution in [0.1, 0.15) is 11.1 Å². The van der Waals surface area contributed by atoms with Crippen molar-refractivity contribution in [3.05, 3.63) is 45.7 Å². The molecule has 2 aliphatic heterocycles. The van der Waals surface area contributed by atoms with E-state index in [1.54, 1.807) is 11.5 Å². The topological polar surface area (TPSA) is 93.1 Å². The summed E-state index contributed by atoms with van der Waals surface area (Å²) in [6, 6.07) is 5.20. The molecule has 1 atom stereocenters. The standard InChI is InChI=1S/C20H20F3NO7S/c1-12-17(30-11-15-10-28-6-7-29-15)9-18(25)24-5-4-13-8-14(2-3-16(13)19(12)24)31-32(26,27)20(21,22)23/h2-3,8-9,15H,4-7,10-11H2,1H3/t15-/m0/s1. The second-order valence-corrected chi connectivity index (χ2v) is 8.94. The monoisotopic (exact) mass is 475 g/mol. The first-order valence-electron chi connectivity index (χ1n) is 9.77. The van der Waals surface area contributed by atoms with E-state index in [-0.39, 0.29) is 24.8 Å². The van der Waals surface area contributed by atoms with Crippen molar-refractivity contribution >= 4 is 10.1 Å². The molecule has 0 radical (unpaired) electrons. The number of aromatic nitrogens is 1. The largest absolute Gasteiger partial charge is 0.534 e. The molecule has 32 heavy (non-hydrogen) atoms. The van der Waals surface area contributed by atoms with Gasteiger partial charge in [-0.3, -0.25) is 4.79 Å². The van der Waals surface area contributed by atoms with Gasteiger partial charge in [-0.2, -0.15) is 21.6 Å². The number of nitrogens with zero attached hydrogens (tertiary/aromatic N) is 1. The molecule has 2 aliphatic rings. The van der Waals surface area contributed by atoms with Gasteiger partial charge in [0.15, 0.2) is 0 Å². The van der Waals surface area contributed by atoms with Crippen LogP contribution in [-0.4, -0.2) is 51.0 Å². The first-order chi connectivity index (χ1) is 15.1. The molecule has 0 spiro atoms. The van der Waals surface area contributed by atoms with Gasteiger partial charge in [0.05, 0.1) is 25.5 Å². The summed E-state index contributed by atoms with van der Waals surface area (Å²) in [4.78, 5) is 12.7. The van der Waals surface area contributed by atoms with E-state index >= 15 is 0 Å². The van der Waals surface area contributed by atoms with Crippen molar-refractivity contribution in [2.24, 2.45) is 0 Å². The van der Waals surface area contributed by atoms with Crippen molar-refractivity contribution < 1.29 is 40.0 Å². The lowest BCUT2D eigenvalue weighted by Crippen LogP contribution is -2.34. The molecule has 0 aliphatic carbocycles. The van der Waals surface area contributed by atoms with Crippen LogP contribution in [0, 0.1) is 6.92 Å². The molecule has 0 N–H and O–H groups in total. The zero-order chi connectivity index (χ0) is 23.1. The summed E-state index contributed by atoms with van der Waals surface area (Å²) in [5.41, 5.74) is -3.45. The molecule has 12 heteroatoms. The van der Waals surface area contributed by atoms with E-state index in [0.29, 0.717) is 54.4 Å². The third kappa shape index (κ3) is 4.34. The van der Waals surface area contributed by atoms with Crippen LogP contribution >= 0.6 is 0 Å². The van der Waals surface area contributed by atoms with Crippen LogP contribution in [0.15, 0.2) is 29.1 Å². The van der Waals surface area contributed by atoms with E-state index in [9.17, 15) is 26.4 Å². The maximum Gasteiger partial charge on any atom is 0.534 e. The summed E-state index contributed by atoms with van der Waals surface area (Å²) in [6.07, 6.45) is 0.0581. The Balaban J connectivity index is 1.65. The number of rotatable bonds is 5. The number of aryl methyl sites for hydroxylation is 1. The molecule has 8 nitrogen and oxygen atoms in total. The van der Waals surface area contributed by atoms with Gasteiger partial charge in [0.2, 0.25) is 0 Å². The molecule has 0 bridgehead atoms. The van der Waals surface area contributed by atoms with Gasteiger partial charge in [-0.05, 0) is 37.1 Å². The maximum absolute atomic E-state index is 12.7. The normalized spacial score (nSPS) is 18.6. The average molecular weight is 475 g/mol. The predicted octanol–water partition coefficient (Wildman–Crippen LogP) is 2.40. The minimum Gasteiger partial charge on any atom is -0.490 e. The van der Waals surface area contributed by atoms with Gasteiger partial charge < -0.3 is 23.0 Å². The molecule has 1 saturated heterocycles. The first-order valence-corrected chi connectivity index (χ1v) is 11.2. The third-order valence-electron chi connectivity index (χ3n) is 5.25. The first kappa shape index (κ1) is 22.6. The van der Waals surface area contributed by atoms with Crippen LogP contribution < -0.4 is 14.5 Å². The van der Waals surface area contributed by atoms with Gasteiger partial charge in [0.1, 0.15) is 24.2 Å². The van der Waals surface area contributed by atoms with Crippen LogP contribution in [0.4, 0.5) is 13.2 Å². The second-order valence-electron chi connectivity index (χ2n) is 7.40. The number of alkyl halides is 3. The van der Waals surface area contributed by atoms with Gasteiger partial charge in [0, 0.05) is 23.7 Å². The minimum atomic E-state index is -5.77. The lowest BCUT2D eigenvalue weighted by molar-refractivity contribution is -0.101. The summed E-state index contributed by atoms with van der Waals surface area (Å²) < 4.78 is 83.0. The Morgan fingerprint density at radius 3 is 2.69 bits per heavy atom. The molecule has 0 unspecified atom stereocenters. The number of hydrogen-bond acceptors (Lipinski definition) is 7. The minimum absolute atomic E-state index is 0.193. The molecule has 0 saturated carbocycles. The number of hydrogen-bond donors (Lipinski definition) is 0. The van der Waals surface area contributed by atoms with Crippen molar-refractivity contribution in [1.29, 1.82) is 0 Å². The highest BCUT2D eigenvalue weighted by molar-refractivity contribution is 7.88. The summed E-state index contributed by atoms with van der Waals surface area (Å²) in [6.45, 7) is 3.60. The van der Waals surface area contributed by atoms with Crippen LogP contribution in [-0.2, 0) is 32.6 Å². The molecule has 1 fully saturated rings. The number of pyridine rings is 1. The van der Waals surface area contributed by atoms with E-state index in [1.165, 1.54) is 18.2 Å². The molecule has 3 heterocycles. The highest BCUT2D eigenvalue weighted by atomic mass is 32.2. The fourth-order valence-electron chi connectivity index (χ4n) is 3.73. The van der Waals surface area contributed by atoms with Crippen molar-refractivity contribution in [3.63, 3.8) is 0 Å². The summed E-state index contributed by atoms with van der Waals surface area (Å²) in [7, 11) is -5.77. The number of benzene rings is 1. The summed E-state index contributed by atoms with van der Waals surface area (Å²) in [5, 5.41) is 0. The van der Waals surface area contributed by atoms with E-state index in [2.05, 4.69) is 4.18 Å². The van der Waals surface area contributed by atoms with Crippen LogP contribution in [0.3, 0.4) is 0 Å². The maximum atomic E-state index is 12.7. The van der Waals surface area contributed by atoms with E-state index in [1.807, 2.05) is 0 Å². The lowest BCUT2D eigenvalue weighted by Gasteiger charge is -2.26. The van der Waals surface area contributed by atoms with Crippen molar-refractivity contribution in [1.82, 2.24) is 4.57 Å². The number of fused-ring (bicyclic) bond motifs is 3. The predicted molar refractivity (Wildman–Crippen MR) is 106 cm³/mol. The van der Waals surface area contributed by atoms with Gasteiger partial charge in [-0.25, -0.2) is 0 Å². The second kappa shape index (κ2) is 8.41. The smallest absolute Gasteiger partial charge is 0.490 e. The van der Waals surface area contributed by atoms with Gasteiger partial charge in [-0.1, -0.05) is 0 Å².